The molecule has 0 bridgehead atoms. The molecular weight excluding hydrogens is 296 g/mol. The average molecular weight is 320 g/mol. The van der Waals surface area contributed by atoms with Crippen LogP contribution >= 0.6 is 0 Å². The molecule has 126 valence electrons. The van der Waals surface area contributed by atoms with Crippen molar-refractivity contribution in [1.82, 2.24) is 10.6 Å². The lowest BCUT2D eigenvalue weighted by atomic mass is 9.86. The van der Waals surface area contributed by atoms with Gasteiger partial charge in [-0.2, -0.15) is 0 Å². The maximum absolute atomic E-state index is 11.7. The van der Waals surface area contributed by atoms with Crippen molar-refractivity contribution in [3.63, 3.8) is 0 Å². The van der Waals surface area contributed by atoms with E-state index in [0.717, 1.165) is 36.4 Å². The molecule has 2 aliphatic rings. The SMILES string of the molecule is CC(C)(C)OC(=O)NC1CC(NCc2cccc3c2OCO3)C1. The van der Waals surface area contributed by atoms with E-state index < -0.39 is 5.60 Å². The zero-order valence-corrected chi connectivity index (χ0v) is 13.8. The van der Waals surface area contributed by atoms with Gasteiger partial charge in [-0.05, 0) is 39.7 Å². The number of carbonyl (C=O) groups is 1. The maximum Gasteiger partial charge on any atom is 0.407 e. The summed E-state index contributed by atoms with van der Waals surface area (Å²) in [6.07, 6.45) is 1.48. The summed E-state index contributed by atoms with van der Waals surface area (Å²) in [5.41, 5.74) is 0.643. The minimum atomic E-state index is -0.457. The number of benzene rings is 1. The van der Waals surface area contributed by atoms with Crippen LogP contribution in [0.15, 0.2) is 18.2 Å². The molecule has 6 heteroatoms. The van der Waals surface area contributed by atoms with Gasteiger partial charge in [-0.3, -0.25) is 0 Å². The highest BCUT2D eigenvalue weighted by atomic mass is 16.7. The number of hydrogen-bond donors (Lipinski definition) is 2. The lowest BCUT2D eigenvalue weighted by molar-refractivity contribution is 0.0465. The summed E-state index contributed by atoms with van der Waals surface area (Å²) in [5, 5.41) is 6.39. The fourth-order valence-electron chi connectivity index (χ4n) is 2.76. The summed E-state index contributed by atoms with van der Waals surface area (Å²) in [5.74, 6) is 1.64. The van der Waals surface area contributed by atoms with Crippen LogP contribution in [0, 0.1) is 0 Å². The Morgan fingerprint density at radius 3 is 2.78 bits per heavy atom. The van der Waals surface area contributed by atoms with Crippen molar-refractivity contribution in [3.05, 3.63) is 23.8 Å². The second-order valence-corrected chi connectivity index (χ2v) is 7.04. The second kappa shape index (κ2) is 6.28. The van der Waals surface area contributed by atoms with Gasteiger partial charge in [0, 0.05) is 24.2 Å². The van der Waals surface area contributed by atoms with Crippen molar-refractivity contribution < 1.29 is 19.0 Å². The summed E-state index contributed by atoms with van der Waals surface area (Å²) >= 11 is 0. The van der Waals surface area contributed by atoms with Gasteiger partial charge in [-0.1, -0.05) is 12.1 Å². The molecule has 0 unspecified atom stereocenters. The van der Waals surface area contributed by atoms with E-state index in [4.69, 9.17) is 14.2 Å². The zero-order valence-electron chi connectivity index (χ0n) is 13.8. The molecule has 0 spiro atoms. The van der Waals surface area contributed by atoms with Gasteiger partial charge in [-0.25, -0.2) is 4.79 Å². The molecule has 0 aromatic heterocycles. The lowest BCUT2D eigenvalue weighted by Gasteiger charge is -2.36. The number of amides is 1. The number of nitrogens with one attached hydrogen (secondary N) is 2. The van der Waals surface area contributed by atoms with Crippen molar-refractivity contribution in [3.8, 4) is 11.5 Å². The molecule has 1 aromatic rings. The van der Waals surface area contributed by atoms with Gasteiger partial charge in [0.2, 0.25) is 6.79 Å². The Labute approximate surface area is 136 Å². The number of rotatable bonds is 4. The molecular formula is C17H24N2O4. The molecule has 6 nitrogen and oxygen atoms in total. The van der Waals surface area contributed by atoms with Gasteiger partial charge >= 0.3 is 6.09 Å². The third-order valence-corrected chi connectivity index (χ3v) is 3.92. The van der Waals surface area contributed by atoms with Gasteiger partial charge in [0.05, 0.1) is 0 Å². The van der Waals surface area contributed by atoms with Crippen LogP contribution in [0.3, 0.4) is 0 Å². The highest BCUT2D eigenvalue weighted by molar-refractivity contribution is 5.68. The van der Waals surface area contributed by atoms with E-state index in [-0.39, 0.29) is 18.9 Å². The smallest absolute Gasteiger partial charge is 0.407 e. The third kappa shape index (κ3) is 4.07. The number of carbonyl (C=O) groups excluding carboxylic acids is 1. The minimum absolute atomic E-state index is 0.184. The highest BCUT2D eigenvalue weighted by Crippen LogP contribution is 2.35. The molecule has 1 fully saturated rings. The molecule has 1 amide bonds. The van der Waals surface area contributed by atoms with Crippen LogP contribution in [0.4, 0.5) is 4.79 Å². The Kier molecular flexibility index (Phi) is 4.35. The Bertz CT molecular complexity index is 576. The van der Waals surface area contributed by atoms with Crippen molar-refractivity contribution in [1.29, 1.82) is 0 Å². The van der Waals surface area contributed by atoms with Gasteiger partial charge in [0.1, 0.15) is 5.60 Å². The number of alkyl carbamates (subject to hydrolysis) is 1. The minimum Gasteiger partial charge on any atom is -0.454 e. The predicted octanol–water partition coefficient (Wildman–Crippen LogP) is 2.56. The molecule has 1 aliphatic carbocycles. The van der Waals surface area contributed by atoms with Crippen molar-refractivity contribution in [2.45, 2.75) is 57.8 Å². The van der Waals surface area contributed by atoms with Crippen LogP contribution in [-0.4, -0.2) is 30.6 Å². The quantitative estimate of drug-likeness (QED) is 0.892. The first-order valence-electron chi connectivity index (χ1n) is 8.01. The first kappa shape index (κ1) is 15.9. The molecule has 1 saturated carbocycles. The molecule has 0 atom stereocenters. The molecule has 0 saturated heterocycles. The highest BCUT2D eigenvalue weighted by Gasteiger charge is 2.31. The normalized spacial score (nSPS) is 22.4. The van der Waals surface area contributed by atoms with E-state index in [1.54, 1.807) is 0 Å². The molecule has 23 heavy (non-hydrogen) atoms. The first-order chi connectivity index (χ1) is 10.9. The Morgan fingerprint density at radius 2 is 2.04 bits per heavy atom. The monoisotopic (exact) mass is 320 g/mol. The van der Waals surface area contributed by atoms with E-state index in [1.807, 2.05) is 39.0 Å². The second-order valence-electron chi connectivity index (χ2n) is 7.04. The predicted molar refractivity (Wildman–Crippen MR) is 85.6 cm³/mol. The number of para-hydroxylation sites is 1. The van der Waals surface area contributed by atoms with E-state index >= 15 is 0 Å². The average Bonchev–Trinajstić information content (AvgIpc) is 2.88. The van der Waals surface area contributed by atoms with Crippen LogP contribution in [0.1, 0.15) is 39.2 Å². The summed E-state index contributed by atoms with van der Waals surface area (Å²) in [6.45, 7) is 6.61. The van der Waals surface area contributed by atoms with Crippen LogP contribution in [0.5, 0.6) is 11.5 Å². The van der Waals surface area contributed by atoms with E-state index in [9.17, 15) is 4.79 Å². The van der Waals surface area contributed by atoms with Crippen molar-refractivity contribution >= 4 is 6.09 Å². The summed E-state index contributed by atoms with van der Waals surface area (Å²) in [6, 6.07) is 6.50. The number of fused-ring (bicyclic) bond motifs is 1. The van der Waals surface area contributed by atoms with Crippen LogP contribution in [0.2, 0.25) is 0 Å². The zero-order chi connectivity index (χ0) is 16.4. The van der Waals surface area contributed by atoms with E-state index in [1.165, 1.54) is 0 Å². The van der Waals surface area contributed by atoms with Gasteiger partial charge < -0.3 is 24.8 Å². The summed E-state index contributed by atoms with van der Waals surface area (Å²) in [7, 11) is 0. The number of hydrogen-bond acceptors (Lipinski definition) is 5. The maximum atomic E-state index is 11.7. The van der Waals surface area contributed by atoms with E-state index in [0.29, 0.717) is 6.04 Å². The molecule has 1 aromatic carbocycles. The van der Waals surface area contributed by atoms with Crippen molar-refractivity contribution in [2.75, 3.05) is 6.79 Å². The van der Waals surface area contributed by atoms with Crippen molar-refractivity contribution in [2.24, 2.45) is 0 Å². The third-order valence-electron chi connectivity index (χ3n) is 3.92. The Balaban J connectivity index is 1.40. The van der Waals surface area contributed by atoms with E-state index in [2.05, 4.69) is 10.6 Å². The lowest BCUT2D eigenvalue weighted by Crippen LogP contribution is -2.52. The molecule has 2 N–H and O–H groups in total. The summed E-state index contributed by atoms with van der Waals surface area (Å²) < 4.78 is 16.1. The standard InChI is InChI=1S/C17H24N2O4/c1-17(2,3)23-16(20)19-13-7-12(8-13)18-9-11-5-4-6-14-15(11)22-10-21-14/h4-6,12-13,18H,7-10H2,1-3H3,(H,19,20). The molecule has 3 rings (SSSR count). The van der Waals surface area contributed by atoms with Gasteiger partial charge in [0.25, 0.3) is 0 Å². The molecule has 1 aliphatic heterocycles. The molecule has 0 radical (unpaired) electrons. The van der Waals surface area contributed by atoms with Crippen LogP contribution in [0.25, 0.3) is 0 Å². The molecule has 1 heterocycles. The number of ether oxygens (including phenoxy) is 3. The Hall–Kier alpha value is -1.95. The van der Waals surface area contributed by atoms with Gasteiger partial charge in [0.15, 0.2) is 11.5 Å². The largest absolute Gasteiger partial charge is 0.454 e. The van der Waals surface area contributed by atoms with Crippen LogP contribution < -0.4 is 20.1 Å². The Morgan fingerprint density at radius 1 is 1.26 bits per heavy atom. The fourth-order valence-corrected chi connectivity index (χ4v) is 2.76. The van der Waals surface area contributed by atoms with Gasteiger partial charge in [-0.15, -0.1) is 0 Å². The summed E-state index contributed by atoms with van der Waals surface area (Å²) in [4.78, 5) is 11.7. The van der Waals surface area contributed by atoms with Crippen LogP contribution in [-0.2, 0) is 11.3 Å². The first-order valence-corrected chi connectivity index (χ1v) is 8.01. The fraction of sp³-hybridized carbons (Fsp3) is 0.588. The topological polar surface area (TPSA) is 68.8 Å².